The standard InChI is InChI=1S/C14H19N3S/c1-3-12(15-4-2)14-17-16-13(18-14)10-11-8-6-5-7-9-11/h5-9,12,15H,3-4,10H2,1-2H3. The van der Waals surface area contributed by atoms with Crippen molar-refractivity contribution in [1.29, 1.82) is 0 Å². The second kappa shape index (κ2) is 6.61. The maximum Gasteiger partial charge on any atom is 0.134 e. The van der Waals surface area contributed by atoms with E-state index in [0.717, 1.165) is 29.4 Å². The Morgan fingerprint density at radius 2 is 1.94 bits per heavy atom. The molecular weight excluding hydrogens is 242 g/mol. The van der Waals surface area contributed by atoms with Gasteiger partial charge in [-0.15, -0.1) is 10.2 Å². The molecule has 1 aromatic heterocycles. The van der Waals surface area contributed by atoms with Crippen LogP contribution in [0.5, 0.6) is 0 Å². The molecule has 96 valence electrons. The minimum absolute atomic E-state index is 0.344. The Morgan fingerprint density at radius 3 is 2.61 bits per heavy atom. The van der Waals surface area contributed by atoms with Gasteiger partial charge in [0.2, 0.25) is 0 Å². The van der Waals surface area contributed by atoms with Gasteiger partial charge in [-0.2, -0.15) is 0 Å². The number of nitrogens with zero attached hydrogens (tertiary/aromatic N) is 2. The average molecular weight is 261 g/mol. The average Bonchev–Trinajstić information content (AvgIpc) is 2.85. The van der Waals surface area contributed by atoms with E-state index in [-0.39, 0.29) is 0 Å². The van der Waals surface area contributed by atoms with Gasteiger partial charge in [-0.1, -0.05) is 55.5 Å². The molecule has 0 amide bonds. The van der Waals surface area contributed by atoms with E-state index in [1.165, 1.54) is 5.56 Å². The predicted octanol–water partition coefficient (Wildman–Crippen LogP) is 3.19. The Morgan fingerprint density at radius 1 is 1.17 bits per heavy atom. The van der Waals surface area contributed by atoms with E-state index in [4.69, 9.17) is 0 Å². The summed E-state index contributed by atoms with van der Waals surface area (Å²) in [4.78, 5) is 0. The third-order valence-corrected chi connectivity index (χ3v) is 3.87. The Balaban J connectivity index is 2.06. The number of nitrogens with one attached hydrogen (secondary N) is 1. The van der Waals surface area contributed by atoms with Crippen molar-refractivity contribution in [2.75, 3.05) is 6.54 Å². The molecule has 0 aliphatic carbocycles. The lowest BCUT2D eigenvalue weighted by molar-refractivity contribution is 0.531. The molecule has 0 spiro atoms. The molecule has 1 atom stereocenters. The largest absolute Gasteiger partial charge is 0.308 e. The first kappa shape index (κ1) is 13.2. The summed E-state index contributed by atoms with van der Waals surface area (Å²) >= 11 is 1.72. The van der Waals surface area contributed by atoms with Crippen molar-refractivity contribution in [3.05, 3.63) is 45.9 Å². The third-order valence-electron chi connectivity index (χ3n) is 2.84. The second-order valence-corrected chi connectivity index (χ2v) is 5.31. The summed E-state index contributed by atoms with van der Waals surface area (Å²) in [7, 11) is 0. The van der Waals surface area contributed by atoms with Gasteiger partial charge in [-0.3, -0.25) is 0 Å². The van der Waals surface area contributed by atoms with E-state index >= 15 is 0 Å². The van der Waals surface area contributed by atoms with Crippen molar-refractivity contribution in [3.63, 3.8) is 0 Å². The highest BCUT2D eigenvalue weighted by Crippen LogP contribution is 2.22. The molecule has 4 heteroatoms. The predicted molar refractivity (Wildman–Crippen MR) is 75.9 cm³/mol. The van der Waals surface area contributed by atoms with Gasteiger partial charge in [0, 0.05) is 6.42 Å². The topological polar surface area (TPSA) is 37.8 Å². The van der Waals surface area contributed by atoms with Crippen LogP contribution >= 0.6 is 11.3 Å². The van der Waals surface area contributed by atoms with Gasteiger partial charge >= 0.3 is 0 Å². The number of rotatable bonds is 6. The van der Waals surface area contributed by atoms with E-state index in [0.29, 0.717) is 6.04 Å². The molecule has 2 aromatic rings. The van der Waals surface area contributed by atoms with Crippen molar-refractivity contribution in [2.24, 2.45) is 0 Å². The minimum atomic E-state index is 0.344. The molecule has 0 saturated heterocycles. The number of hydrogen-bond acceptors (Lipinski definition) is 4. The zero-order valence-corrected chi connectivity index (χ0v) is 11.7. The van der Waals surface area contributed by atoms with Gasteiger partial charge in [0.15, 0.2) is 0 Å². The second-order valence-electron chi connectivity index (χ2n) is 4.21. The molecule has 2 rings (SSSR count). The van der Waals surface area contributed by atoms with Gasteiger partial charge in [0.25, 0.3) is 0 Å². The minimum Gasteiger partial charge on any atom is -0.308 e. The molecule has 0 bridgehead atoms. The van der Waals surface area contributed by atoms with E-state index in [9.17, 15) is 0 Å². The molecule has 1 N–H and O–H groups in total. The normalized spacial score (nSPS) is 12.6. The highest BCUT2D eigenvalue weighted by Gasteiger charge is 2.13. The maximum absolute atomic E-state index is 4.31. The molecule has 0 fully saturated rings. The quantitative estimate of drug-likeness (QED) is 0.868. The molecule has 18 heavy (non-hydrogen) atoms. The van der Waals surface area contributed by atoms with Gasteiger partial charge in [0.1, 0.15) is 10.0 Å². The van der Waals surface area contributed by atoms with Crippen LogP contribution in [-0.2, 0) is 6.42 Å². The van der Waals surface area contributed by atoms with Crippen molar-refractivity contribution < 1.29 is 0 Å². The van der Waals surface area contributed by atoms with Crippen LogP contribution in [0.25, 0.3) is 0 Å². The third kappa shape index (κ3) is 3.37. The summed E-state index contributed by atoms with van der Waals surface area (Å²) in [6.45, 7) is 5.26. The Kier molecular flexibility index (Phi) is 4.84. The first-order valence-corrected chi connectivity index (χ1v) is 7.24. The summed E-state index contributed by atoms with van der Waals surface area (Å²) in [6, 6.07) is 10.8. The summed E-state index contributed by atoms with van der Waals surface area (Å²) in [5.74, 6) is 0. The fourth-order valence-electron chi connectivity index (χ4n) is 1.90. The SMILES string of the molecule is CCNC(CC)c1nnc(Cc2ccccc2)s1. The molecule has 1 heterocycles. The van der Waals surface area contributed by atoms with Gasteiger partial charge in [-0.25, -0.2) is 0 Å². The molecule has 0 aliphatic rings. The molecule has 0 aliphatic heterocycles. The van der Waals surface area contributed by atoms with Crippen molar-refractivity contribution in [1.82, 2.24) is 15.5 Å². The Labute approximate surface area is 112 Å². The smallest absolute Gasteiger partial charge is 0.134 e. The molecule has 1 aromatic carbocycles. The van der Waals surface area contributed by atoms with Crippen LogP contribution < -0.4 is 5.32 Å². The molecule has 0 saturated carbocycles. The van der Waals surface area contributed by atoms with Gasteiger partial charge in [-0.05, 0) is 18.5 Å². The molecule has 1 unspecified atom stereocenters. The monoisotopic (exact) mass is 261 g/mol. The van der Waals surface area contributed by atoms with Crippen LogP contribution in [-0.4, -0.2) is 16.7 Å². The van der Waals surface area contributed by atoms with Crippen molar-refractivity contribution >= 4 is 11.3 Å². The summed E-state index contributed by atoms with van der Waals surface area (Å²) in [6.07, 6.45) is 1.93. The number of aromatic nitrogens is 2. The zero-order chi connectivity index (χ0) is 12.8. The van der Waals surface area contributed by atoms with Crippen LogP contribution in [0.15, 0.2) is 30.3 Å². The van der Waals surface area contributed by atoms with E-state index in [1.807, 2.05) is 6.07 Å². The van der Waals surface area contributed by atoms with Gasteiger partial charge < -0.3 is 5.32 Å². The van der Waals surface area contributed by atoms with Crippen LogP contribution in [0.2, 0.25) is 0 Å². The van der Waals surface area contributed by atoms with E-state index < -0.39 is 0 Å². The lowest BCUT2D eigenvalue weighted by atomic mass is 10.2. The van der Waals surface area contributed by atoms with Crippen molar-refractivity contribution in [3.8, 4) is 0 Å². The first-order valence-electron chi connectivity index (χ1n) is 6.43. The highest BCUT2D eigenvalue weighted by molar-refractivity contribution is 7.11. The summed E-state index contributed by atoms with van der Waals surface area (Å²) in [5.41, 5.74) is 1.29. The molecule has 0 radical (unpaired) electrons. The van der Waals surface area contributed by atoms with Crippen LogP contribution in [0, 0.1) is 0 Å². The number of benzene rings is 1. The summed E-state index contributed by atoms with van der Waals surface area (Å²) < 4.78 is 0. The highest BCUT2D eigenvalue weighted by atomic mass is 32.1. The van der Waals surface area contributed by atoms with Crippen LogP contribution in [0.4, 0.5) is 0 Å². The lowest BCUT2D eigenvalue weighted by Gasteiger charge is -2.10. The van der Waals surface area contributed by atoms with Gasteiger partial charge in [0.05, 0.1) is 6.04 Å². The Hall–Kier alpha value is -1.26. The maximum atomic E-state index is 4.31. The first-order chi connectivity index (χ1) is 8.83. The van der Waals surface area contributed by atoms with E-state index in [2.05, 4.69) is 53.6 Å². The fourth-order valence-corrected chi connectivity index (χ4v) is 2.94. The molecular formula is C14H19N3S. The molecule has 3 nitrogen and oxygen atoms in total. The zero-order valence-electron chi connectivity index (χ0n) is 10.9. The van der Waals surface area contributed by atoms with Crippen LogP contribution in [0.1, 0.15) is 41.9 Å². The van der Waals surface area contributed by atoms with E-state index in [1.54, 1.807) is 11.3 Å². The fraction of sp³-hybridized carbons (Fsp3) is 0.429. The summed E-state index contributed by atoms with van der Waals surface area (Å²) in [5, 5.41) is 14.2. The van der Waals surface area contributed by atoms with Crippen LogP contribution in [0.3, 0.4) is 0 Å². The number of hydrogen-bond donors (Lipinski definition) is 1. The Bertz CT molecular complexity index is 467. The van der Waals surface area contributed by atoms with Crippen molar-refractivity contribution in [2.45, 2.75) is 32.7 Å². The lowest BCUT2D eigenvalue weighted by Crippen LogP contribution is -2.19.